The van der Waals surface area contributed by atoms with Crippen molar-refractivity contribution in [2.45, 2.75) is 31.7 Å². The molecule has 3 nitrogen and oxygen atoms in total. The number of hydrazine groups is 1. The molecule has 1 saturated carbocycles. The average molecular weight is 233 g/mol. The molecule has 0 heterocycles. The second kappa shape index (κ2) is 5.52. The van der Waals surface area contributed by atoms with Gasteiger partial charge in [0.05, 0.1) is 0 Å². The summed E-state index contributed by atoms with van der Waals surface area (Å²) < 4.78 is 0. The van der Waals surface area contributed by atoms with Gasteiger partial charge in [0.2, 0.25) is 0 Å². The third kappa shape index (κ3) is 2.79. The first-order valence-corrected chi connectivity index (χ1v) is 6.46. The summed E-state index contributed by atoms with van der Waals surface area (Å²) in [6.07, 6.45) is 5.27. The molecule has 94 valence electrons. The maximum Gasteiger partial charge on any atom is 0.0488 e. The van der Waals surface area contributed by atoms with Crippen molar-refractivity contribution in [3.05, 3.63) is 29.8 Å². The molecule has 3 N–H and O–H groups in total. The SMILES string of the molecule is CN(C)c1cccc(C(NN)C2CCCC2)c1. The molecule has 1 unspecified atom stereocenters. The third-order valence-electron chi connectivity index (χ3n) is 3.80. The lowest BCUT2D eigenvalue weighted by molar-refractivity contribution is 0.373. The molecule has 1 aromatic carbocycles. The summed E-state index contributed by atoms with van der Waals surface area (Å²) in [5.41, 5.74) is 5.56. The van der Waals surface area contributed by atoms with Crippen LogP contribution >= 0.6 is 0 Å². The monoisotopic (exact) mass is 233 g/mol. The van der Waals surface area contributed by atoms with Gasteiger partial charge in [-0.3, -0.25) is 11.3 Å². The zero-order valence-corrected chi connectivity index (χ0v) is 10.8. The minimum Gasteiger partial charge on any atom is -0.378 e. The highest BCUT2D eigenvalue weighted by molar-refractivity contribution is 5.47. The van der Waals surface area contributed by atoms with E-state index in [2.05, 4.69) is 48.7 Å². The van der Waals surface area contributed by atoms with E-state index in [1.165, 1.54) is 36.9 Å². The van der Waals surface area contributed by atoms with E-state index in [1.54, 1.807) is 0 Å². The van der Waals surface area contributed by atoms with Crippen LogP contribution in [0.2, 0.25) is 0 Å². The number of nitrogens with one attached hydrogen (secondary N) is 1. The molecule has 3 heteroatoms. The standard InChI is InChI=1S/C14H23N3/c1-17(2)13-9-5-8-12(10-13)14(16-15)11-6-3-4-7-11/h5,8-11,14,16H,3-4,6-7,15H2,1-2H3. The lowest BCUT2D eigenvalue weighted by atomic mass is 9.92. The van der Waals surface area contributed by atoms with Crippen LogP contribution in [0.5, 0.6) is 0 Å². The third-order valence-corrected chi connectivity index (χ3v) is 3.80. The van der Waals surface area contributed by atoms with Gasteiger partial charge in [0, 0.05) is 25.8 Å². The molecule has 1 aliphatic rings. The molecule has 1 aromatic rings. The van der Waals surface area contributed by atoms with E-state index in [4.69, 9.17) is 5.84 Å². The Labute approximate surface area is 104 Å². The predicted octanol–water partition coefficient (Wildman–Crippen LogP) is 2.45. The first-order valence-electron chi connectivity index (χ1n) is 6.46. The molecule has 1 aliphatic carbocycles. The van der Waals surface area contributed by atoms with Crippen LogP contribution in [0.4, 0.5) is 5.69 Å². The summed E-state index contributed by atoms with van der Waals surface area (Å²) in [6.45, 7) is 0. The van der Waals surface area contributed by atoms with E-state index in [1.807, 2.05) is 0 Å². The van der Waals surface area contributed by atoms with Gasteiger partial charge < -0.3 is 4.90 Å². The van der Waals surface area contributed by atoms with Gasteiger partial charge in [-0.25, -0.2) is 0 Å². The molecule has 1 atom stereocenters. The number of anilines is 1. The van der Waals surface area contributed by atoms with Crippen LogP contribution in [0.25, 0.3) is 0 Å². The molecular formula is C14H23N3. The second-order valence-electron chi connectivity index (χ2n) is 5.18. The van der Waals surface area contributed by atoms with Crippen molar-refractivity contribution in [3.8, 4) is 0 Å². The summed E-state index contributed by atoms with van der Waals surface area (Å²) in [5, 5.41) is 0. The summed E-state index contributed by atoms with van der Waals surface area (Å²) in [5.74, 6) is 6.44. The molecule has 0 aliphatic heterocycles. The van der Waals surface area contributed by atoms with Crippen molar-refractivity contribution in [2.24, 2.45) is 11.8 Å². The lowest BCUT2D eigenvalue weighted by Crippen LogP contribution is -2.32. The van der Waals surface area contributed by atoms with Crippen molar-refractivity contribution in [3.63, 3.8) is 0 Å². The molecule has 17 heavy (non-hydrogen) atoms. The molecule has 0 bridgehead atoms. The summed E-state index contributed by atoms with van der Waals surface area (Å²) in [6, 6.07) is 8.96. The number of hydrogen-bond donors (Lipinski definition) is 2. The van der Waals surface area contributed by atoms with Gasteiger partial charge in [-0.15, -0.1) is 0 Å². The van der Waals surface area contributed by atoms with Crippen molar-refractivity contribution in [2.75, 3.05) is 19.0 Å². The minimum atomic E-state index is 0.303. The smallest absolute Gasteiger partial charge is 0.0488 e. The van der Waals surface area contributed by atoms with Crippen molar-refractivity contribution < 1.29 is 0 Å². The Kier molecular flexibility index (Phi) is 4.02. The van der Waals surface area contributed by atoms with E-state index in [-0.39, 0.29) is 0 Å². The zero-order chi connectivity index (χ0) is 12.3. The predicted molar refractivity (Wildman–Crippen MR) is 72.8 cm³/mol. The van der Waals surface area contributed by atoms with Crippen LogP contribution in [0.3, 0.4) is 0 Å². The Hall–Kier alpha value is -1.06. The van der Waals surface area contributed by atoms with Gasteiger partial charge >= 0.3 is 0 Å². The van der Waals surface area contributed by atoms with E-state index >= 15 is 0 Å². The number of nitrogens with zero attached hydrogens (tertiary/aromatic N) is 1. The van der Waals surface area contributed by atoms with Crippen LogP contribution in [0, 0.1) is 5.92 Å². The van der Waals surface area contributed by atoms with Gasteiger partial charge in [0.1, 0.15) is 0 Å². The Morgan fingerprint density at radius 3 is 2.59 bits per heavy atom. The highest BCUT2D eigenvalue weighted by atomic mass is 15.2. The minimum absolute atomic E-state index is 0.303. The van der Waals surface area contributed by atoms with E-state index in [0.717, 1.165) is 0 Å². The molecule has 0 amide bonds. The van der Waals surface area contributed by atoms with Gasteiger partial charge in [-0.1, -0.05) is 25.0 Å². The van der Waals surface area contributed by atoms with Crippen molar-refractivity contribution in [1.82, 2.24) is 5.43 Å². The van der Waals surface area contributed by atoms with Crippen LogP contribution in [0.15, 0.2) is 24.3 Å². The molecule has 1 fully saturated rings. The van der Waals surface area contributed by atoms with Crippen molar-refractivity contribution in [1.29, 1.82) is 0 Å². The molecule has 0 radical (unpaired) electrons. The van der Waals surface area contributed by atoms with Gasteiger partial charge in [-0.05, 0) is 36.5 Å². The zero-order valence-electron chi connectivity index (χ0n) is 10.8. The van der Waals surface area contributed by atoms with Crippen LogP contribution < -0.4 is 16.2 Å². The Morgan fingerprint density at radius 1 is 1.29 bits per heavy atom. The summed E-state index contributed by atoms with van der Waals surface area (Å²) in [4.78, 5) is 2.13. The number of nitrogens with two attached hydrogens (primary N) is 1. The Morgan fingerprint density at radius 2 is 2.00 bits per heavy atom. The Bertz CT molecular complexity index is 356. The molecule has 0 saturated heterocycles. The summed E-state index contributed by atoms with van der Waals surface area (Å²) in [7, 11) is 4.14. The number of rotatable bonds is 4. The Balaban J connectivity index is 2.20. The second-order valence-corrected chi connectivity index (χ2v) is 5.18. The fourth-order valence-electron chi connectivity index (χ4n) is 2.79. The highest BCUT2D eigenvalue weighted by Crippen LogP contribution is 2.35. The maximum absolute atomic E-state index is 5.75. The first-order chi connectivity index (χ1) is 8.22. The molecule has 2 rings (SSSR count). The molecular weight excluding hydrogens is 210 g/mol. The fraction of sp³-hybridized carbons (Fsp3) is 0.571. The van der Waals surface area contributed by atoms with Gasteiger partial charge in [0.25, 0.3) is 0 Å². The van der Waals surface area contributed by atoms with Gasteiger partial charge in [0.15, 0.2) is 0 Å². The number of benzene rings is 1. The van der Waals surface area contributed by atoms with Crippen molar-refractivity contribution >= 4 is 5.69 Å². The lowest BCUT2D eigenvalue weighted by Gasteiger charge is -2.24. The normalized spacial score (nSPS) is 18.3. The van der Waals surface area contributed by atoms with E-state index in [0.29, 0.717) is 12.0 Å². The molecule has 0 spiro atoms. The van der Waals surface area contributed by atoms with Crippen LogP contribution in [-0.2, 0) is 0 Å². The number of hydrogen-bond acceptors (Lipinski definition) is 3. The maximum atomic E-state index is 5.75. The van der Waals surface area contributed by atoms with Crippen LogP contribution in [-0.4, -0.2) is 14.1 Å². The van der Waals surface area contributed by atoms with Crippen LogP contribution in [0.1, 0.15) is 37.3 Å². The van der Waals surface area contributed by atoms with E-state index in [9.17, 15) is 0 Å². The fourth-order valence-corrected chi connectivity index (χ4v) is 2.79. The van der Waals surface area contributed by atoms with Gasteiger partial charge in [-0.2, -0.15) is 0 Å². The highest BCUT2D eigenvalue weighted by Gasteiger charge is 2.25. The largest absolute Gasteiger partial charge is 0.378 e. The summed E-state index contributed by atoms with van der Waals surface area (Å²) >= 11 is 0. The average Bonchev–Trinajstić information content (AvgIpc) is 2.84. The first kappa shape index (κ1) is 12.4. The van der Waals surface area contributed by atoms with E-state index < -0.39 is 0 Å². The quantitative estimate of drug-likeness (QED) is 0.620. The topological polar surface area (TPSA) is 41.3 Å². The molecule has 0 aromatic heterocycles.